The zero-order valence-electron chi connectivity index (χ0n) is 26.3. The van der Waals surface area contributed by atoms with Crippen LogP contribution in [0, 0.1) is 11.2 Å². The molecule has 3 N–H and O–H groups in total. The lowest BCUT2D eigenvalue weighted by Crippen LogP contribution is -2.17. The molecule has 0 saturated carbocycles. The SMILES string of the molecule is CC.CC.CC.COP(OC)c1ccc(-c2c(C3CCOCC3)n(-c3ccc(F)cc3)c3cc(C=N)c(N)cc23)cc1. The molecule has 1 aliphatic heterocycles. The molecule has 6 nitrogen and oxygen atoms in total. The average Bonchev–Trinajstić information content (AvgIpc) is 3.39. The molecule has 1 aliphatic rings. The van der Waals surface area contributed by atoms with Crippen LogP contribution in [0.25, 0.3) is 27.7 Å². The van der Waals surface area contributed by atoms with Gasteiger partial charge in [0.1, 0.15) is 5.82 Å². The van der Waals surface area contributed by atoms with Crippen LogP contribution in [0.15, 0.2) is 60.7 Å². The molecule has 1 aromatic heterocycles. The average molecular weight is 596 g/mol. The Morgan fingerprint density at radius 1 is 0.905 bits per heavy atom. The number of rotatable bonds is 7. The van der Waals surface area contributed by atoms with Gasteiger partial charge in [0.25, 0.3) is 0 Å². The van der Waals surface area contributed by atoms with Crippen LogP contribution >= 0.6 is 8.38 Å². The van der Waals surface area contributed by atoms with E-state index in [2.05, 4.69) is 16.7 Å². The number of hydrogen-bond acceptors (Lipinski definition) is 5. The van der Waals surface area contributed by atoms with E-state index in [9.17, 15) is 4.39 Å². The number of anilines is 1. The predicted octanol–water partition coefficient (Wildman–Crippen LogP) is 9.22. The van der Waals surface area contributed by atoms with Gasteiger partial charge < -0.3 is 29.5 Å². The normalized spacial score (nSPS) is 12.9. The third-order valence-electron chi connectivity index (χ3n) is 6.76. The molecule has 0 amide bonds. The van der Waals surface area contributed by atoms with Crippen LogP contribution in [0.4, 0.5) is 10.1 Å². The van der Waals surface area contributed by atoms with E-state index in [0.29, 0.717) is 24.5 Å². The molecule has 0 spiro atoms. The highest BCUT2D eigenvalue weighted by atomic mass is 31.2. The number of hydrogen-bond donors (Lipinski definition) is 2. The van der Waals surface area contributed by atoms with Crippen molar-refractivity contribution in [1.82, 2.24) is 4.57 Å². The van der Waals surface area contributed by atoms with Crippen molar-refractivity contribution in [3.8, 4) is 16.8 Å². The molecule has 0 bridgehead atoms. The Labute approximate surface area is 252 Å². The summed E-state index contributed by atoms with van der Waals surface area (Å²) in [6.45, 7) is 13.4. The maximum absolute atomic E-state index is 13.9. The Morgan fingerprint density at radius 2 is 1.48 bits per heavy atom. The number of nitrogens with zero attached hydrogens (tertiary/aromatic N) is 1. The van der Waals surface area contributed by atoms with Crippen molar-refractivity contribution in [2.75, 3.05) is 33.2 Å². The number of nitrogens with two attached hydrogens (primary N) is 1. The van der Waals surface area contributed by atoms with Gasteiger partial charge in [-0.3, -0.25) is 0 Å². The van der Waals surface area contributed by atoms with Crippen molar-refractivity contribution < 1.29 is 18.2 Å². The highest BCUT2D eigenvalue weighted by molar-refractivity contribution is 7.55. The van der Waals surface area contributed by atoms with E-state index < -0.39 is 8.38 Å². The van der Waals surface area contributed by atoms with E-state index in [1.807, 2.05) is 65.8 Å². The minimum Gasteiger partial charge on any atom is -0.398 e. The number of nitrogens with one attached hydrogen (secondary N) is 1. The van der Waals surface area contributed by atoms with Crippen LogP contribution in [-0.2, 0) is 13.8 Å². The van der Waals surface area contributed by atoms with Crippen molar-refractivity contribution in [2.24, 2.45) is 0 Å². The molecular formula is C34H47FN3O3P. The van der Waals surface area contributed by atoms with Crippen LogP contribution in [0.2, 0.25) is 0 Å². The van der Waals surface area contributed by atoms with Crippen molar-refractivity contribution >= 4 is 36.5 Å². The molecule has 0 aliphatic carbocycles. The Hall–Kier alpha value is -3.09. The second kappa shape index (κ2) is 17.8. The Kier molecular flexibility index (Phi) is 14.9. The number of ether oxygens (including phenoxy) is 1. The van der Waals surface area contributed by atoms with Crippen LogP contribution in [-0.4, -0.2) is 38.2 Å². The van der Waals surface area contributed by atoms with E-state index in [1.54, 1.807) is 26.4 Å². The topological polar surface area (TPSA) is 82.5 Å². The standard InChI is InChI=1S/C28H29FN3O3P.3C2H6/c1-33-36(34-2)23-9-3-18(4-10-23)27-24-16-25(31)20(17-30)15-26(24)32(22-7-5-21(29)6-8-22)28(27)19-11-13-35-14-12-19;3*1-2/h3-10,15-17,19,30H,11-14,31H2,1-2H3;3*1-2H3. The zero-order valence-corrected chi connectivity index (χ0v) is 27.2. The molecule has 5 rings (SSSR count). The van der Waals surface area contributed by atoms with Crippen LogP contribution < -0.4 is 11.0 Å². The first-order valence-corrected chi connectivity index (χ1v) is 16.0. The maximum Gasteiger partial charge on any atom is 0.204 e. The van der Waals surface area contributed by atoms with Gasteiger partial charge in [-0.2, -0.15) is 0 Å². The Balaban J connectivity index is 0.000000966. The fourth-order valence-corrected chi connectivity index (χ4v) is 6.04. The summed E-state index contributed by atoms with van der Waals surface area (Å²) in [6, 6.07) is 18.7. The fraction of sp³-hybridized carbons (Fsp3) is 0.382. The molecular weight excluding hydrogens is 548 g/mol. The minimum absolute atomic E-state index is 0.241. The van der Waals surface area contributed by atoms with Crippen LogP contribution in [0.5, 0.6) is 0 Å². The lowest BCUT2D eigenvalue weighted by Gasteiger charge is -2.26. The van der Waals surface area contributed by atoms with Crippen molar-refractivity contribution in [1.29, 1.82) is 5.41 Å². The highest BCUT2D eigenvalue weighted by Crippen LogP contribution is 2.45. The monoisotopic (exact) mass is 595 g/mol. The van der Waals surface area contributed by atoms with E-state index in [0.717, 1.165) is 51.6 Å². The van der Waals surface area contributed by atoms with Crippen molar-refractivity contribution in [3.05, 3.63) is 77.7 Å². The van der Waals surface area contributed by atoms with Crippen LogP contribution in [0.3, 0.4) is 0 Å². The summed E-state index contributed by atoms with van der Waals surface area (Å²) in [4.78, 5) is 0. The number of aromatic nitrogens is 1. The first-order chi connectivity index (χ1) is 20.5. The number of halogens is 1. The van der Waals surface area contributed by atoms with E-state index in [4.69, 9.17) is 24.9 Å². The van der Waals surface area contributed by atoms with Gasteiger partial charge in [0, 0.05) is 78.5 Å². The zero-order chi connectivity index (χ0) is 31.2. The molecule has 0 radical (unpaired) electrons. The quantitative estimate of drug-likeness (QED) is 0.127. The van der Waals surface area contributed by atoms with Gasteiger partial charge >= 0.3 is 0 Å². The smallest absolute Gasteiger partial charge is 0.204 e. The lowest BCUT2D eigenvalue weighted by atomic mass is 9.90. The minimum atomic E-state index is -1.14. The molecule has 4 aromatic rings. The molecule has 228 valence electrons. The molecule has 0 atom stereocenters. The van der Waals surface area contributed by atoms with Gasteiger partial charge in [-0.15, -0.1) is 0 Å². The third-order valence-corrected chi connectivity index (χ3v) is 8.14. The summed E-state index contributed by atoms with van der Waals surface area (Å²) in [7, 11) is 2.16. The molecule has 0 unspecified atom stereocenters. The van der Waals surface area contributed by atoms with Gasteiger partial charge in [-0.05, 0) is 66.9 Å². The summed E-state index contributed by atoms with van der Waals surface area (Å²) in [5, 5.41) is 9.86. The third kappa shape index (κ3) is 7.64. The van der Waals surface area contributed by atoms with Gasteiger partial charge in [0.05, 0.1) is 5.52 Å². The first kappa shape index (κ1) is 35.1. The van der Waals surface area contributed by atoms with Crippen LogP contribution in [0.1, 0.15) is 71.6 Å². The largest absolute Gasteiger partial charge is 0.398 e. The van der Waals surface area contributed by atoms with Gasteiger partial charge in [-0.1, -0.05) is 53.7 Å². The Morgan fingerprint density at radius 3 is 2.00 bits per heavy atom. The van der Waals surface area contributed by atoms with Crippen molar-refractivity contribution in [2.45, 2.75) is 60.3 Å². The predicted molar refractivity (Wildman–Crippen MR) is 178 cm³/mol. The van der Waals surface area contributed by atoms with E-state index in [-0.39, 0.29) is 11.7 Å². The summed E-state index contributed by atoms with van der Waals surface area (Å²) >= 11 is 0. The summed E-state index contributed by atoms with van der Waals surface area (Å²) in [5.74, 6) is -0.0403. The fourth-order valence-electron chi connectivity index (χ4n) is 5.08. The second-order valence-electron chi connectivity index (χ2n) is 8.77. The molecule has 1 fully saturated rings. The lowest BCUT2D eigenvalue weighted by molar-refractivity contribution is 0.0843. The summed E-state index contributed by atoms with van der Waals surface area (Å²) in [5.41, 5.74) is 12.7. The van der Waals surface area contributed by atoms with Crippen molar-refractivity contribution in [3.63, 3.8) is 0 Å². The number of fused-ring (bicyclic) bond motifs is 1. The maximum atomic E-state index is 13.9. The molecule has 1 saturated heterocycles. The molecule has 8 heteroatoms. The number of nitrogen functional groups attached to an aromatic ring is 1. The van der Waals surface area contributed by atoms with E-state index >= 15 is 0 Å². The van der Waals surface area contributed by atoms with Gasteiger partial charge in [0.15, 0.2) is 0 Å². The Bertz CT molecular complexity index is 1380. The molecule has 2 heterocycles. The number of benzene rings is 3. The molecule has 42 heavy (non-hydrogen) atoms. The second-order valence-corrected chi connectivity index (χ2v) is 10.5. The summed E-state index contributed by atoms with van der Waals surface area (Å²) < 4.78 is 32.8. The summed E-state index contributed by atoms with van der Waals surface area (Å²) in [6.07, 6.45) is 3.04. The molecule has 3 aromatic carbocycles. The van der Waals surface area contributed by atoms with Gasteiger partial charge in [0.2, 0.25) is 8.38 Å². The highest BCUT2D eigenvalue weighted by Gasteiger charge is 2.28. The van der Waals surface area contributed by atoms with E-state index in [1.165, 1.54) is 18.3 Å². The van der Waals surface area contributed by atoms with Gasteiger partial charge in [-0.25, -0.2) is 4.39 Å². The first-order valence-electron chi connectivity index (χ1n) is 14.9.